The van der Waals surface area contributed by atoms with Crippen molar-refractivity contribution in [3.63, 3.8) is 0 Å². The molecule has 0 aliphatic rings. The summed E-state index contributed by atoms with van der Waals surface area (Å²) in [6.45, 7) is 2.79. The maximum absolute atomic E-state index is 13.2. The Morgan fingerprint density at radius 1 is 1.11 bits per heavy atom. The number of rotatable bonds is 3. The van der Waals surface area contributed by atoms with Gasteiger partial charge in [0.1, 0.15) is 12.4 Å². The van der Waals surface area contributed by atoms with E-state index in [1.54, 1.807) is 13.8 Å². The SMILES string of the molecule is Cc1cc2nc(C(F)(F)F)c(=O)n(CC(=O)Nc3ccc(F)cc3)c2cc1C. The van der Waals surface area contributed by atoms with Gasteiger partial charge in [-0.2, -0.15) is 13.2 Å². The molecule has 0 radical (unpaired) electrons. The molecule has 0 unspecified atom stereocenters. The molecule has 0 spiro atoms. The first-order valence-corrected chi connectivity index (χ1v) is 8.20. The van der Waals surface area contributed by atoms with Crippen molar-refractivity contribution in [3.05, 3.63) is 69.4 Å². The third-order valence-corrected chi connectivity index (χ3v) is 4.26. The predicted octanol–water partition coefficient (Wildman–Crippen LogP) is 3.81. The Labute approximate surface area is 156 Å². The fraction of sp³-hybridized carbons (Fsp3) is 0.211. The van der Waals surface area contributed by atoms with Crippen molar-refractivity contribution in [2.24, 2.45) is 0 Å². The van der Waals surface area contributed by atoms with Gasteiger partial charge in [0, 0.05) is 5.69 Å². The molecule has 146 valence electrons. The zero-order valence-corrected chi connectivity index (χ0v) is 14.9. The van der Waals surface area contributed by atoms with E-state index in [0.717, 1.165) is 22.3 Å². The van der Waals surface area contributed by atoms with Crippen LogP contribution < -0.4 is 10.9 Å². The Hall–Kier alpha value is -3.23. The van der Waals surface area contributed by atoms with Crippen LogP contribution in [0.3, 0.4) is 0 Å². The van der Waals surface area contributed by atoms with Crippen LogP contribution in [0, 0.1) is 19.7 Å². The number of carbonyl (C=O) groups is 1. The van der Waals surface area contributed by atoms with E-state index >= 15 is 0 Å². The fourth-order valence-corrected chi connectivity index (χ4v) is 2.72. The fourth-order valence-electron chi connectivity index (χ4n) is 2.72. The molecule has 0 atom stereocenters. The minimum atomic E-state index is -4.96. The quantitative estimate of drug-likeness (QED) is 0.689. The summed E-state index contributed by atoms with van der Waals surface area (Å²) in [6.07, 6.45) is -4.96. The molecular formula is C19H15F4N3O2. The number of aromatic nitrogens is 2. The van der Waals surface area contributed by atoms with E-state index in [9.17, 15) is 27.2 Å². The van der Waals surface area contributed by atoms with Crippen LogP contribution in [0.4, 0.5) is 23.2 Å². The van der Waals surface area contributed by atoms with Crippen LogP contribution in [0.1, 0.15) is 16.8 Å². The van der Waals surface area contributed by atoms with Crippen molar-refractivity contribution in [2.75, 3.05) is 5.32 Å². The molecule has 9 heteroatoms. The third kappa shape index (κ3) is 3.88. The topological polar surface area (TPSA) is 64.0 Å². The zero-order chi connectivity index (χ0) is 20.6. The van der Waals surface area contributed by atoms with Crippen LogP contribution in [-0.2, 0) is 17.5 Å². The van der Waals surface area contributed by atoms with Crippen LogP contribution in [-0.4, -0.2) is 15.5 Å². The molecule has 28 heavy (non-hydrogen) atoms. The van der Waals surface area contributed by atoms with Crippen molar-refractivity contribution in [3.8, 4) is 0 Å². The number of halogens is 4. The maximum Gasteiger partial charge on any atom is 0.438 e. The molecule has 0 saturated heterocycles. The molecule has 1 N–H and O–H groups in total. The van der Waals surface area contributed by atoms with E-state index in [4.69, 9.17) is 0 Å². The number of carbonyl (C=O) groups excluding carboxylic acids is 1. The number of fused-ring (bicyclic) bond motifs is 1. The summed E-state index contributed by atoms with van der Waals surface area (Å²) in [7, 11) is 0. The van der Waals surface area contributed by atoms with Crippen LogP contribution in [0.25, 0.3) is 11.0 Å². The summed E-state index contributed by atoms with van der Waals surface area (Å²) in [5.41, 5.74) is -1.22. The van der Waals surface area contributed by atoms with Gasteiger partial charge in [0.15, 0.2) is 0 Å². The highest BCUT2D eigenvalue weighted by molar-refractivity contribution is 5.91. The van der Waals surface area contributed by atoms with Gasteiger partial charge in [0.25, 0.3) is 5.56 Å². The van der Waals surface area contributed by atoms with Crippen molar-refractivity contribution >= 4 is 22.6 Å². The van der Waals surface area contributed by atoms with Gasteiger partial charge in [-0.15, -0.1) is 0 Å². The zero-order valence-electron chi connectivity index (χ0n) is 14.9. The van der Waals surface area contributed by atoms with Crippen LogP contribution in [0.15, 0.2) is 41.2 Å². The molecule has 1 amide bonds. The van der Waals surface area contributed by atoms with Crippen LogP contribution in [0.2, 0.25) is 0 Å². The highest BCUT2D eigenvalue weighted by atomic mass is 19.4. The van der Waals surface area contributed by atoms with Gasteiger partial charge >= 0.3 is 6.18 Å². The minimum Gasteiger partial charge on any atom is -0.325 e. The lowest BCUT2D eigenvalue weighted by Gasteiger charge is -2.15. The van der Waals surface area contributed by atoms with E-state index < -0.39 is 35.7 Å². The number of benzene rings is 2. The lowest BCUT2D eigenvalue weighted by atomic mass is 10.1. The first-order valence-electron chi connectivity index (χ1n) is 8.20. The lowest BCUT2D eigenvalue weighted by molar-refractivity contribution is -0.142. The lowest BCUT2D eigenvalue weighted by Crippen LogP contribution is -2.34. The Morgan fingerprint density at radius 2 is 1.71 bits per heavy atom. The second-order valence-corrected chi connectivity index (χ2v) is 6.33. The Balaban J connectivity index is 2.08. The molecule has 3 aromatic rings. The van der Waals surface area contributed by atoms with Gasteiger partial charge in [0.05, 0.1) is 11.0 Å². The number of hydrogen-bond acceptors (Lipinski definition) is 3. The van der Waals surface area contributed by atoms with Gasteiger partial charge in [-0.05, 0) is 61.4 Å². The van der Waals surface area contributed by atoms with E-state index in [1.165, 1.54) is 24.3 Å². The molecule has 0 bridgehead atoms. The molecule has 0 fully saturated rings. The first-order chi connectivity index (χ1) is 13.1. The second-order valence-electron chi connectivity index (χ2n) is 6.33. The summed E-state index contributed by atoms with van der Waals surface area (Å²) >= 11 is 0. The summed E-state index contributed by atoms with van der Waals surface area (Å²) in [6, 6.07) is 7.80. The molecule has 0 aliphatic carbocycles. The Bertz CT molecular complexity index is 1120. The maximum atomic E-state index is 13.2. The average molecular weight is 393 g/mol. The molecule has 2 aromatic carbocycles. The van der Waals surface area contributed by atoms with E-state index in [-0.39, 0.29) is 16.7 Å². The molecule has 0 aliphatic heterocycles. The number of alkyl halides is 3. The highest BCUT2D eigenvalue weighted by Gasteiger charge is 2.37. The summed E-state index contributed by atoms with van der Waals surface area (Å²) in [5.74, 6) is -1.23. The van der Waals surface area contributed by atoms with E-state index in [0.29, 0.717) is 5.56 Å². The molecule has 3 rings (SSSR count). The highest BCUT2D eigenvalue weighted by Crippen LogP contribution is 2.27. The number of anilines is 1. The Kier molecular flexibility index (Phi) is 4.93. The van der Waals surface area contributed by atoms with Crippen molar-refractivity contribution in [1.29, 1.82) is 0 Å². The predicted molar refractivity (Wildman–Crippen MR) is 95.5 cm³/mol. The number of aryl methyl sites for hydroxylation is 2. The van der Waals surface area contributed by atoms with Gasteiger partial charge in [0.2, 0.25) is 11.6 Å². The molecular weight excluding hydrogens is 378 g/mol. The number of nitrogens with one attached hydrogen (secondary N) is 1. The standard InChI is InChI=1S/C19H15F4N3O2/c1-10-7-14-15(8-11(10)2)26(18(28)17(25-14)19(21,22)23)9-16(27)24-13-5-3-12(20)4-6-13/h3-8H,9H2,1-2H3,(H,24,27). The minimum absolute atomic E-state index is 0.0374. The van der Waals surface area contributed by atoms with E-state index in [2.05, 4.69) is 10.3 Å². The van der Waals surface area contributed by atoms with Gasteiger partial charge in [-0.1, -0.05) is 0 Å². The summed E-state index contributed by atoms with van der Waals surface area (Å²) in [4.78, 5) is 28.2. The third-order valence-electron chi connectivity index (χ3n) is 4.26. The smallest absolute Gasteiger partial charge is 0.325 e. The molecule has 1 heterocycles. The number of nitrogens with zero attached hydrogens (tertiary/aromatic N) is 2. The number of amides is 1. The first kappa shape index (κ1) is 19.5. The number of hydrogen-bond donors (Lipinski definition) is 1. The molecule has 5 nitrogen and oxygen atoms in total. The molecule has 1 aromatic heterocycles. The normalized spacial score (nSPS) is 11.6. The van der Waals surface area contributed by atoms with Gasteiger partial charge in [-0.25, -0.2) is 9.37 Å². The van der Waals surface area contributed by atoms with Crippen LogP contribution in [0.5, 0.6) is 0 Å². The Morgan fingerprint density at radius 3 is 2.32 bits per heavy atom. The van der Waals surface area contributed by atoms with Gasteiger partial charge < -0.3 is 5.32 Å². The monoisotopic (exact) mass is 393 g/mol. The van der Waals surface area contributed by atoms with Gasteiger partial charge in [-0.3, -0.25) is 14.2 Å². The summed E-state index contributed by atoms with van der Waals surface area (Å²) < 4.78 is 53.4. The largest absolute Gasteiger partial charge is 0.438 e. The van der Waals surface area contributed by atoms with Crippen molar-refractivity contribution < 1.29 is 22.4 Å². The molecule has 0 saturated carbocycles. The second kappa shape index (κ2) is 7.06. The summed E-state index contributed by atoms with van der Waals surface area (Å²) in [5, 5.41) is 2.43. The van der Waals surface area contributed by atoms with Crippen LogP contribution >= 0.6 is 0 Å². The average Bonchev–Trinajstić information content (AvgIpc) is 2.60. The van der Waals surface area contributed by atoms with Crippen molar-refractivity contribution in [1.82, 2.24) is 9.55 Å². The van der Waals surface area contributed by atoms with Crippen molar-refractivity contribution in [2.45, 2.75) is 26.6 Å². The van der Waals surface area contributed by atoms with E-state index in [1.807, 2.05) is 0 Å².